The highest BCUT2D eigenvalue weighted by Gasteiger charge is 2.15. The van der Waals surface area contributed by atoms with Gasteiger partial charge in [-0.25, -0.2) is 0 Å². The Morgan fingerprint density at radius 1 is 1.31 bits per heavy atom. The van der Waals surface area contributed by atoms with E-state index in [2.05, 4.69) is 36.5 Å². The Morgan fingerprint density at radius 2 is 2.12 bits per heavy atom. The van der Waals surface area contributed by atoms with Crippen LogP contribution in [-0.2, 0) is 9.47 Å². The summed E-state index contributed by atoms with van der Waals surface area (Å²) in [5, 5.41) is 3.46. The molecule has 3 heteroatoms. The van der Waals surface area contributed by atoms with Crippen LogP contribution in [0.2, 0.25) is 0 Å². The lowest BCUT2D eigenvalue weighted by Gasteiger charge is -2.25. The normalized spacial score (nSPS) is 22.9. The van der Waals surface area contributed by atoms with Crippen LogP contribution in [0, 0.1) is 0 Å². The monoisotopic (exact) mass is 221 g/mol. The van der Waals surface area contributed by atoms with Crippen LogP contribution in [-0.4, -0.2) is 32.5 Å². The van der Waals surface area contributed by atoms with Gasteiger partial charge in [-0.15, -0.1) is 0 Å². The van der Waals surface area contributed by atoms with Gasteiger partial charge in [-0.05, 0) is 12.5 Å². The summed E-state index contributed by atoms with van der Waals surface area (Å²) in [6.45, 7) is 5.15. The van der Waals surface area contributed by atoms with Crippen molar-refractivity contribution in [3.63, 3.8) is 0 Å². The maximum atomic E-state index is 5.58. The van der Waals surface area contributed by atoms with E-state index in [4.69, 9.17) is 9.47 Å². The van der Waals surface area contributed by atoms with Crippen LogP contribution >= 0.6 is 0 Å². The van der Waals surface area contributed by atoms with E-state index in [1.165, 1.54) is 5.56 Å². The highest BCUT2D eigenvalue weighted by molar-refractivity contribution is 5.17. The molecule has 0 bridgehead atoms. The lowest BCUT2D eigenvalue weighted by molar-refractivity contribution is -0.0869. The Balaban J connectivity index is 1.77. The number of hydrogen-bond donors (Lipinski definition) is 1. The zero-order chi connectivity index (χ0) is 11.2. The number of hydrogen-bond acceptors (Lipinski definition) is 3. The van der Waals surface area contributed by atoms with Gasteiger partial charge in [0, 0.05) is 12.6 Å². The minimum absolute atomic E-state index is 0.194. The van der Waals surface area contributed by atoms with E-state index in [9.17, 15) is 0 Å². The van der Waals surface area contributed by atoms with E-state index in [0.717, 1.165) is 13.2 Å². The van der Waals surface area contributed by atoms with Crippen LogP contribution in [0.3, 0.4) is 0 Å². The smallest absolute Gasteiger partial charge is 0.0933 e. The standard InChI is InChI=1S/C13H19NO2/c1-11(12-5-3-2-4-6-12)14-9-13-10-15-7-8-16-13/h2-6,11,13-14H,7-10H2,1H3. The molecular weight excluding hydrogens is 202 g/mol. The lowest BCUT2D eigenvalue weighted by Crippen LogP contribution is -2.38. The Morgan fingerprint density at radius 3 is 2.81 bits per heavy atom. The molecule has 0 spiro atoms. The zero-order valence-corrected chi connectivity index (χ0v) is 9.69. The highest BCUT2D eigenvalue weighted by atomic mass is 16.6. The molecule has 16 heavy (non-hydrogen) atoms. The number of benzene rings is 1. The molecule has 1 saturated heterocycles. The van der Waals surface area contributed by atoms with Crippen molar-refractivity contribution in [3.8, 4) is 0 Å². The van der Waals surface area contributed by atoms with Crippen molar-refractivity contribution in [2.75, 3.05) is 26.4 Å². The average molecular weight is 221 g/mol. The number of rotatable bonds is 4. The van der Waals surface area contributed by atoms with E-state index in [0.29, 0.717) is 19.3 Å². The van der Waals surface area contributed by atoms with E-state index in [1.54, 1.807) is 0 Å². The summed E-state index contributed by atoms with van der Waals surface area (Å²) in [5.74, 6) is 0. The number of ether oxygens (including phenoxy) is 2. The topological polar surface area (TPSA) is 30.5 Å². The molecule has 0 radical (unpaired) electrons. The van der Waals surface area contributed by atoms with Crippen molar-refractivity contribution in [1.82, 2.24) is 5.32 Å². The summed E-state index contributed by atoms with van der Waals surface area (Å²) < 4.78 is 10.9. The van der Waals surface area contributed by atoms with Crippen molar-refractivity contribution in [3.05, 3.63) is 35.9 Å². The third kappa shape index (κ3) is 3.30. The first-order valence-electron chi connectivity index (χ1n) is 5.84. The van der Waals surface area contributed by atoms with Crippen LogP contribution in [0.4, 0.5) is 0 Å². The fraction of sp³-hybridized carbons (Fsp3) is 0.538. The van der Waals surface area contributed by atoms with Gasteiger partial charge in [0.15, 0.2) is 0 Å². The maximum Gasteiger partial charge on any atom is 0.0933 e. The van der Waals surface area contributed by atoms with Gasteiger partial charge in [0.25, 0.3) is 0 Å². The highest BCUT2D eigenvalue weighted by Crippen LogP contribution is 2.11. The third-order valence-electron chi connectivity index (χ3n) is 2.84. The summed E-state index contributed by atoms with van der Waals surface area (Å²) in [4.78, 5) is 0. The number of nitrogens with one attached hydrogen (secondary N) is 1. The minimum Gasteiger partial charge on any atom is -0.376 e. The van der Waals surface area contributed by atoms with Crippen molar-refractivity contribution in [2.45, 2.75) is 19.1 Å². The van der Waals surface area contributed by atoms with Gasteiger partial charge in [-0.1, -0.05) is 30.3 Å². The summed E-state index contributed by atoms with van der Waals surface area (Å²) in [6, 6.07) is 10.8. The molecule has 3 nitrogen and oxygen atoms in total. The fourth-order valence-corrected chi connectivity index (χ4v) is 1.82. The molecule has 0 amide bonds. The molecule has 2 atom stereocenters. The Bertz CT molecular complexity index is 296. The van der Waals surface area contributed by atoms with Gasteiger partial charge in [0.1, 0.15) is 0 Å². The van der Waals surface area contributed by atoms with Crippen LogP contribution in [0.1, 0.15) is 18.5 Å². The SMILES string of the molecule is CC(NCC1COCCO1)c1ccccc1. The molecule has 1 heterocycles. The predicted octanol–water partition coefficient (Wildman–Crippen LogP) is 1.75. The molecule has 1 aliphatic heterocycles. The largest absolute Gasteiger partial charge is 0.376 e. The average Bonchev–Trinajstić information content (AvgIpc) is 2.38. The summed E-state index contributed by atoms with van der Waals surface area (Å²) in [6.07, 6.45) is 0.194. The van der Waals surface area contributed by atoms with Crippen LogP contribution in [0.25, 0.3) is 0 Å². The van der Waals surface area contributed by atoms with Crippen LogP contribution < -0.4 is 5.32 Å². The molecule has 0 saturated carbocycles. The van der Waals surface area contributed by atoms with Crippen LogP contribution in [0.15, 0.2) is 30.3 Å². The second-order valence-electron chi connectivity index (χ2n) is 4.11. The lowest BCUT2D eigenvalue weighted by atomic mass is 10.1. The van der Waals surface area contributed by atoms with Gasteiger partial charge < -0.3 is 14.8 Å². The van der Waals surface area contributed by atoms with Crippen molar-refractivity contribution >= 4 is 0 Å². The van der Waals surface area contributed by atoms with E-state index in [-0.39, 0.29) is 6.10 Å². The molecular formula is C13H19NO2. The molecule has 1 aromatic carbocycles. The Kier molecular flexibility index (Phi) is 4.34. The molecule has 1 aromatic rings. The Hall–Kier alpha value is -0.900. The molecule has 1 fully saturated rings. The molecule has 88 valence electrons. The van der Waals surface area contributed by atoms with Crippen molar-refractivity contribution in [2.24, 2.45) is 0 Å². The van der Waals surface area contributed by atoms with Crippen molar-refractivity contribution < 1.29 is 9.47 Å². The Labute approximate surface area is 96.8 Å². The summed E-state index contributed by atoms with van der Waals surface area (Å²) >= 11 is 0. The molecule has 0 aliphatic carbocycles. The zero-order valence-electron chi connectivity index (χ0n) is 9.69. The second-order valence-corrected chi connectivity index (χ2v) is 4.11. The van der Waals surface area contributed by atoms with Gasteiger partial charge in [0.2, 0.25) is 0 Å². The third-order valence-corrected chi connectivity index (χ3v) is 2.84. The van der Waals surface area contributed by atoms with Crippen molar-refractivity contribution in [1.29, 1.82) is 0 Å². The first-order chi connectivity index (χ1) is 7.86. The summed E-state index contributed by atoms with van der Waals surface area (Å²) in [5.41, 5.74) is 1.30. The quantitative estimate of drug-likeness (QED) is 0.840. The molecule has 0 aromatic heterocycles. The van der Waals surface area contributed by atoms with E-state index in [1.807, 2.05) is 6.07 Å². The van der Waals surface area contributed by atoms with Crippen LogP contribution in [0.5, 0.6) is 0 Å². The van der Waals surface area contributed by atoms with E-state index >= 15 is 0 Å². The van der Waals surface area contributed by atoms with Gasteiger partial charge in [-0.2, -0.15) is 0 Å². The second kappa shape index (κ2) is 5.99. The van der Waals surface area contributed by atoms with Gasteiger partial charge >= 0.3 is 0 Å². The summed E-state index contributed by atoms with van der Waals surface area (Å²) in [7, 11) is 0. The molecule has 2 unspecified atom stereocenters. The fourth-order valence-electron chi connectivity index (χ4n) is 1.82. The predicted molar refractivity (Wildman–Crippen MR) is 63.4 cm³/mol. The van der Waals surface area contributed by atoms with Gasteiger partial charge in [-0.3, -0.25) is 0 Å². The van der Waals surface area contributed by atoms with Gasteiger partial charge in [0.05, 0.1) is 25.9 Å². The molecule has 1 N–H and O–H groups in total. The first kappa shape index (κ1) is 11.6. The van der Waals surface area contributed by atoms with E-state index < -0.39 is 0 Å². The minimum atomic E-state index is 0.194. The molecule has 1 aliphatic rings. The maximum absolute atomic E-state index is 5.58. The first-order valence-corrected chi connectivity index (χ1v) is 5.84. The molecule has 2 rings (SSSR count).